The Morgan fingerprint density at radius 1 is 0.870 bits per heavy atom. The van der Waals surface area contributed by atoms with Gasteiger partial charge in [0.05, 0.1) is 26.4 Å². The maximum absolute atomic E-state index is 9.03. The second kappa shape index (κ2) is 15.2. The lowest BCUT2D eigenvalue weighted by atomic mass is 10.2. The van der Waals surface area contributed by atoms with Gasteiger partial charge in [0.2, 0.25) is 0 Å². The van der Waals surface area contributed by atoms with Gasteiger partial charge in [-0.25, -0.2) is 19.6 Å². The molecule has 23 heavy (non-hydrogen) atoms. The standard InChI is InChI=1S/C12H28BN4O6/c18-7-3-16(4-8-19)1-2-17-5-9-20-22-11-14-13-15-12-23-21-10-6-17/h14-15,18-19H,1-12H2. The zero-order chi connectivity index (χ0) is 16.6. The largest absolute Gasteiger partial charge is 0.395 e. The Balaban J connectivity index is 2.31. The fraction of sp³-hybridized carbons (Fsp3) is 1.00. The van der Waals surface area contributed by atoms with E-state index in [-0.39, 0.29) is 26.7 Å². The molecule has 0 unspecified atom stereocenters. The van der Waals surface area contributed by atoms with Gasteiger partial charge in [-0.3, -0.25) is 9.80 Å². The lowest BCUT2D eigenvalue weighted by Crippen LogP contribution is -2.41. The number of rotatable bonds is 7. The molecular formula is C12H28BN4O6. The third-order valence-corrected chi connectivity index (χ3v) is 3.20. The van der Waals surface area contributed by atoms with E-state index in [1.165, 1.54) is 0 Å². The molecular weight excluding hydrogens is 307 g/mol. The summed E-state index contributed by atoms with van der Waals surface area (Å²) >= 11 is 0. The zero-order valence-electron chi connectivity index (χ0n) is 13.5. The SMILES string of the molecule is OCCN(CCO)CCN1CCOOCN[B]NCOOCC1. The number of nitrogens with zero attached hydrogens (tertiary/aromatic N) is 2. The maximum Gasteiger partial charge on any atom is 0.311 e. The summed E-state index contributed by atoms with van der Waals surface area (Å²) in [5, 5.41) is 23.7. The third-order valence-electron chi connectivity index (χ3n) is 3.20. The minimum Gasteiger partial charge on any atom is -0.395 e. The summed E-state index contributed by atoms with van der Waals surface area (Å²) in [4.78, 5) is 24.3. The van der Waals surface area contributed by atoms with Crippen LogP contribution < -0.4 is 10.5 Å². The van der Waals surface area contributed by atoms with Crippen LogP contribution in [0.2, 0.25) is 0 Å². The molecule has 0 aromatic carbocycles. The van der Waals surface area contributed by atoms with Crippen LogP contribution in [-0.4, -0.2) is 107 Å². The van der Waals surface area contributed by atoms with Gasteiger partial charge in [0.1, 0.15) is 13.5 Å². The first-order valence-electron chi connectivity index (χ1n) is 7.80. The highest BCUT2D eigenvalue weighted by atomic mass is 17.2. The van der Waals surface area contributed by atoms with Crippen molar-refractivity contribution < 1.29 is 29.8 Å². The van der Waals surface area contributed by atoms with Gasteiger partial charge in [0, 0.05) is 39.3 Å². The molecule has 10 nitrogen and oxygen atoms in total. The molecule has 1 fully saturated rings. The van der Waals surface area contributed by atoms with E-state index in [2.05, 4.69) is 15.4 Å². The van der Waals surface area contributed by atoms with Gasteiger partial charge in [-0.1, -0.05) is 0 Å². The lowest BCUT2D eigenvalue weighted by Gasteiger charge is -2.26. The highest BCUT2D eigenvalue weighted by molar-refractivity contribution is 6.28. The van der Waals surface area contributed by atoms with Crippen LogP contribution >= 0.6 is 0 Å². The summed E-state index contributed by atoms with van der Waals surface area (Å²) in [5.74, 6) is 0. The first-order chi connectivity index (χ1) is 11.4. The molecule has 11 heteroatoms. The number of hydrogen-bond donors (Lipinski definition) is 4. The highest BCUT2D eigenvalue weighted by Gasteiger charge is 2.10. The molecule has 1 saturated heterocycles. The monoisotopic (exact) mass is 335 g/mol. The number of nitrogens with one attached hydrogen (secondary N) is 2. The molecule has 1 radical (unpaired) electrons. The Kier molecular flexibility index (Phi) is 13.7. The van der Waals surface area contributed by atoms with Crippen LogP contribution in [0.25, 0.3) is 0 Å². The van der Waals surface area contributed by atoms with Gasteiger partial charge in [0.25, 0.3) is 0 Å². The number of aliphatic hydroxyl groups excluding tert-OH is 2. The van der Waals surface area contributed by atoms with Crippen LogP contribution in [-0.2, 0) is 19.6 Å². The van der Waals surface area contributed by atoms with Crippen LogP contribution in [0.3, 0.4) is 0 Å². The number of aliphatic hydroxyl groups is 2. The molecule has 0 aromatic rings. The molecule has 1 aliphatic heterocycles. The molecule has 0 saturated carbocycles. The van der Waals surface area contributed by atoms with Crippen molar-refractivity contribution in [3.05, 3.63) is 0 Å². The first kappa shape index (κ1) is 20.7. The molecule has 135 valence electrons. The quantitative estimate of drug-likeness (QED) is 0.286. The minimum absolute atomic E-state index is 0.0743. The van der Waals surface area contributed by atoms with Crippen LogP contribution in [0, 0.1) is 0 Å². The van der Waals surface area contributed by atoms with Gasteiger partial charge in [-0.05, 0) is 0 Å². The summed E-state index contributed by atoms with van der Waals surface area (Å²) in [5.41, 5.74) is 0. The van der Waals surface area contributed by atoms with Gasteiger partial charge >= 0.3 is 7.55 Å². The van der Waals surface area contributed by atoms with E-state index in [0.717, 1.165) is 13.1 Å². The molecule has 0 spiro atoms. The highest BCUT2D eigenvalue weighted by Crippen LogP contribution is 1.95. The van der Waals surface area contributed by atoms with Crippen molar-refractivity contribution in [1.29, 1.82) is 0 Å². The van der Waals surface area contributed by atoms with E-state index < -0.39 is 0 Å². The Hall–Kier alpha value is -0.335. The van der Waals surface area contributed by atoms with E-state index in [9.17, 15) is 0 Å². The van der Waals surface area contributed by atoms with Gasteiger partial charge in [0.15, 0.2) is 0 Å². The predicted molar refractivity (Wildman–Crippen MR) is 82.9 cm³/mol. The normalized spacial score (nSPS) is 20.1. The predicted octanol–water partition coefficient (Wildman–Crippen LogP) is -2.89. The van der Waals surface area contributed by atoms with Crippen LogP contribution in [0.5, 0.6) is 0 Å². The van der Waals surface area contributed by atoms with Gasteiger partial charge in [-0.2, -0.15) is 0 Å². The zero-order valence-corrected chi connectivity index (χ0v) is 13.5. The molecule has 0 aliphatic carbocycles. The van der Waals surface area contributed by atoms with Gasteiger partial charge in [-0.15, -0.1) is 0 Å². The molecule has 4 N–H and O–H groups in total. The van der Waals surface area contributed by atoms with Crippen LogP contribution in [0.1, 0.15) is 0 Å². The third kappa shape index (κ3) is 11.8. The summed E-state index contributed by atoms with van der Waals surface area (Å²) in [6.45, 7) is 5.40. The molecule has 0 amide bonds. The topological polar surface area (TPSA) is 108 Å². The summed E-state index contributed by atoms with van der Waals surface area (Å²) in [6.07, 6.45) is 0. The lowest BCUT2D eigenvalue weighted by molar-refractivity contribution is -0.304. The average molecular weight is 335 g/mol. The Morgan fingerprint density at radius 3 is 1.96 bits per heavy atom. The van der Waals surface area contributed by atoms with Crippen molar-refractivity contribution in [2.45, 2.75) is 0 Å². The molecule has 1 heterocycles. The Bertz CT molecular complexity index is 250. The van der Waals surface area contributed by atoms with E-state index in [0.29, 0.717) is 39.4 Å². The fourth-order valence-corrected chi connectivity index (χ4v) is 1.99. The van der Waals surface area contributed by atoms with Crippen molar-refractivity contribution in [2.24, 2.45) is 0 Å². The van der Waals surface area contributed by atoms with E-state index in [1.54, 1.807) is 7.55 Å². The molecule has 0 aromatic heterocycles. The van der Waals surface area contributed by atoms with E-state index >= 15 is 0 Å². The average Bonchev–Trinajstić information content (AvgIpc) is 2.56. The molecule has 0 atom stereocenters. The molecule has 0 bridgehead atoms. The smallest absolute Gasteiger partial charge is 0.311 e. The van der Waals surface area contributed by atoms with Crippen molar-refractivity contribution in [3.63, 3.8) is 0 Å². The van der Waals surface area contributed by atoms with Crippen molar-refractivity contribution in [1.82, 2.24) is 20.3 Å². The summed E-state index contributed by atoms with van der Waals surface area (Å²) in [7, 11) is 1.59. The maximum atomic E-state index is 9.03. The van der Waals surface area contributed by atoms with Crippen LogP contribution in [0.15, 0.2) is 0 Å². The first-order valence-corrected chi connectivity index (χ1v) is 7.80. The molecule has 1 rings (SSSR count). The minimum atomic E-state index is 0.0743. The van der Waals surface area contributed by atoms with Crippen molar-refractivity contribution >= 4 is 7.55 Å². The molecule has 1 aliphatic rings. The van der Waals surface area contributed by atoms with E-state index in [4.69, 9.17) is 29.8 Å². The van der Waals surface area contributed by atoms with Crippen molar-refractivity contribution in [2.75, 3.05) is 79.2 Å². The van der Waals surface area contributed by atoms with E-state index in [1.807, 2.05) is 4.90 Å². The van der Waals surface area contributed by atoms with Gasteiger partial charge < -0.3 is 20.7 Å². The van der Waals surface area contributed by atoms with Crippen molar-refractivity contribution in [3.8, 4) is 0 Å². The number of hydrogen-bond acceptors (Lipinski definition) is 10. The Labute approximate surface area is 137 Å². The van der Waals surface area contributed by atoms with Crippen LogP contribution in [0.4, 0.5) is 0 Å². The fourth-order valence-electron chi connectivity index (χ4n) is 1.99. The summed E-state index contributed by atoms with van der Waals surface area (Å²) < 4.78 is 0. The second-order valence-electron chi connectivity index (χ2n) is 4.85. The second-order valence-corrected chi connectivity index (χ2v) is 4.85. The summed E-state index contributed by atoms with van der Waals surface area (Å²) in [6, 6.07) is 0. The Morgan fingerprint density at radius 2 is 1.43 bits per heavy atom.